The second-order valence-corrected chi connectivity index (χ2v) is 4.13. The van der Waals surface area contributed by atoms with Crippen LogP contribution in [0.5, 0.6) is 0 Å². The highest BCUT2D eigenvalue weighted by Gasteiger charge is 2.19. The molecule has 0 aromatic carbocycles. The van der Waals surface area contributed by atoms with Gasteiger partial charge in [-0.25, -0.2) is 0 Å². The molecule has 0 aromatic rings. The SMILES string of the molecule is CC(=O)CCCC(CCCC(C)=O)[N+](=O)[O-]. The van der Waals surface area contributed by atoms with Crippen molar-refractivity contribution in [3.8, 4) is 0 Å². The van der Waals surface area contributed by atoms with Gasteiger partial charge in [0.05, 0.1) is 0 Å². The monoisotopic (exact) mass is 229 g/mol. The van der Waals surface area contributed by atoms with Crippen molar-refractivity contribution in [3.05, 3.63) is 10.1 Å². The molecule has 0 amide bonds. The van der Waals surface area contributed by atoms with Gasteiger partial charge in [0.15, 0.2) is 0 Å². The standard InChI is InChI=1S/C11H19NO4/c1-9(13)5-3-7-11(12(15)16)8-4-6-10(2)14/h11H,3-8H2,1-2H3. The summed E-state index contributed by atoms with van der Waals surface area (Å²) in [4.78, 5) is 31.7. The van der Waals surface area contributed by atoms with E-state index in [9.17, 15) is 19.7 Å². The third-order valence-electron chi connectivity index (χ3n) is 2.43. The van der Waals surface area contributed by atoms with Crippen LogP contribution in [0.15, 0.2) is 0 Å². The largest absolute Gasteiger partial charge is 0.300 e. The second kappa shape index (κ2) is 7.96. The fourth-order valence-corrected chi connectivity index (χ4v) is 1.53. The maximum Gasteiger partial charge on any atom is 0.213 e. The van der Waals surface area contributed by atoms with Crippen LogP contribution in [0.1, 0.15) is 52.4 Å². The van der Waals surface area contributed by atoms with Crippen LogP contribution in [0.25, 0.3) is 0 Å². The van der Waals surface area contributed by atoms with Crippen molar-refractivity contribution < 1.29 is 14.5 Å². The summed E-state index contributed by atoms with van der Waals surface area (Å²) in [5.74, 6) is 0.122. The van der Waals surface area contributed by atoms with Crippen LogP contribution in [-0.4, -0.2) is 22.5 Å². The van der Waals surface area contributed by atoms with E-state index in [0.717, 1.165) is 0 Å². The van der Waals surface area contributed by atoms with Crippen molar-refractivity contribution in [2.45, 2.75) is 58.4 Å². The highest BCUT2D eigenvalue weighted by Crippen LogP contribution is 2.12. The van der Waals surface area contributed by atoms with E-state index in [0.29, 0.717) is 38.5 Å². The average Bonchev–Trinajstić information content (AvgIpc) is 2.14. The lowest BCUT2D eigenvalue weighted by Gasteiger charge is -2.07. The first kappa shape index (κ1) is 14.7. The lowest BCUT2D eigenvalue weighted by Crippen LogP contribution is -2.19. The lowest BCUT2D eigenvalue weighted by atomic mass is 10.0. The van der Waals surface area contributed by atoms with Gasteiger partial charge in [0.2, 0.25) is 6.04 Å². The van der Waals surface area contributed by atoms with Gasteiger partial charge >= 0.3 is 0 Å². The van der Waals surface area contributed by atoms with E-state index in [1.54, 1.807) is 0 Å². The van der Waals surface area contributed by atoms with Gasteiger partial charge in [-0.2, -0.15) is 0 Å². The van der Waals surface area contributed by atoms with Crippen LogP contribution in [0, 0.1) is 10.1 Å². The van der Waals surface area contributed by atoms with Crippen LogP contribution in [0.2, 0.25) is 0 Å². The summed E-state index contributed by atoms with van der Waals surface area (Å²) in [6.07, 6.45) is 2.76. The number of nitro groups is 1. The molecule has 16 heavy (non-hydrogen) atoms. The summed E-state index contributed by atoms with van der Waals surface area (Å²) in [6.45, 7) is 2.97. The lowest BCUT2D eigenvalue weighted by molar-refractivity contribution is -0.524. The smallest absolute Gasteiger partial charge is 0.213 e. The number of nitrogens with zero attached hydrogens (tertiary/aromatic N) is 1. The van der Waals surface area contributed by atoms with E-state index >= 15 is 0 Å². The Morgan fingerprint density at radius 1 is 1.06 bits per heavy atom. The predicted molar refractivity (Wildman–Crippen MR) is 59.8 cm³/mol. The predicted octanol–water partition coefficient (Wildman–Crippen LogP) is 2.15. The van der Waals surface area contributed by atoms with Gasteiger partial charge in [0.25, 0.3) is 0 Å². The third-order valence-corrected chi connectivity index (χ3v) is 2.43. The van der Waals surface area contributed by atoms with Gasteiger partial charge in [0, 0.05) is 30.6 Å². The van der Waals surface area contributed by atoms with Crippen molar-refractivity contribution >= 4 is 11.6 Å². The molecule has 0 aliphatic carbocycles. The van der Waals surface area contributed by atoms with Crippen molar-refractivity contribution in [2.75, 3.05) is 0 Å². The van der Waals surface area contributed by atoms with E-state index in [4.69, 9.17) is 0 Å². The Bertz CT molecular complexity index is 243. The fourth-order valence-electron chi connectivity index (χ4n) is 1.53. The maximum absolute atomic E-state index is 10.7. The molecule has 92 valence electrons. The summed E-state index contributed by atoms with van der Waals surface area (Å²) in [5.41, 5.74) is 0. The summed E-state index contributed by atoms with van der Waals surface area (Å²) >= 11 is 0. The molecule has 0 rings (SSSR count). The van der Waals surface area contributed by atoms with E-state index in [1.165, 1.54) is 13.8 Å². The van der Waals surface area contributed by atoms with Crippen molar-refractivity contribution in [3.63, 3.8) is 0 Å². The molecule has 0 aliphatic heterocycles. The molecule has 0 radical (unpaired) electrons. The van der Waals surface area contributed by atoms with Crippen LogP contribution >= 0.6 is 0 Å². The third kappa shape index (κ3) is 8.08. The van der Waals surface area contributed by atoms with Gasteiger partial charge in [-0.15, -0.1) is 0 Å². The first-order chi connectivity index (χ1) is 7.43. The Kier molecular flexibility index (Phi) is 7.33. The summed E-state index contributed by atoms with van der Waals surface area (Å²) in [6, 6.07) is -0.612. The number of carbonyl (C=O) groups excluding carboxylic acids is 2. The van der Waals surface area contributed by atoms with Crippen LogP contribution < -0.4 is 0 Å². The Hall–Kier alpha value is -1.26. The fraction of sp³-hybridized carbons (Fsp3) is 0.818. The average molecular weight is 229 g/mol. The zero-order valence-corrected chi connectivity index (χ0v) is 9.90. The Balaban J connectivity index is 3.84. The number of hydrogen-bond donors (Lipinski definition) is 0. The number of ketones is 2. The molecule has 0 heterocycles. The molecule has 0 saturated carbocycles. The summed E-state index contributed by atoms with van der Waals surface area (Å²) in [5, 5.41) is 10.7. The molecule has 0 bridgehead atoms. The molecule has 5 heteroatoms. The Labute approximate surface area is 95.4 Å². The summed E-state index contributed by atoms with van der Waals surface area (Å²) in [7, 11) is 0. The molecular weight excluding hydrogens is 210 g/mol. The Morgan fingerprint density at radius 3 is 1.69 bits per heavy atom. The number of Topliss-reactive ketones (excluding diaryl/α,β-unsaturated/α-hetero) is 2. The molecule has 0 saturated heterocycles. The van der Waals surface area contributed by atoms with Crippen molar-refractivity contribution in [1.29, 1.82) is 0 Å². The molecule has 0 N–H and O–H groups in total. The van der Waals surface area contributed by atoms with Crippen LogP contribution in [0.4, 0.5) is 0 Å². The Morgan fingerprint density at radius 2 is 1.44 bits per heavy atom. The molecule has 0 atom stereocenters. The minimum absolute atomic E-state index is 0.0610. The molecule has 0 unspecified atom stereocenters. The normalized spacial score (nSPS) is 10.4. The first-order valence-electron chi connectivity index (χ1n) is 5.56. The quantitative estimate of drug-likeness (QED) is 0.448. The molecular formula is C11H19NO4. The van der Waals surface area contributed by atoms with E-state index < -0.39 is 6.04 Å². The molecule has 0 fully saturated rings. The van der Waals surface area contributed by atoms with Gasteiger partial charge < -0.3 is 9.59 Å². The number of carbonyl (C=O) groups is 2. The molecule has 0 aliphatic rings. The zero-order valence-electron chi connectivity index (χ0n) is 9.90. The minimum Gasteiger partial charge on any atom is -0.300 e. The van der Waals surface area contributed by atoms with Crippen molar-refractivity contribution in [1.82, 2.24) is 0 Å². The second-order valence-electron chi connectivity index (χ2n) is 4.13. The van der Waals surface area contributed by atoms with E-state index in [-0.39, 0.29) is 16.5 Å². The molecule has 0 spiro atoms. The van der Waals surface area contributed by atoms with Gasteiger partial charge in [-0.05, 0) is 26.7 Å². The van der Waals surface area contributed by atoms with E-state index in [2.05, 4.69) is 0 Å². The molecule has 5 nitrogen and oxygen atoms in total. The van der Waals surface area contributed by atoms with Gasteiger partial charge in [-0.1, -0.05) is 0 Å². The topological polar surface area (TPSA) is 77.3 Å². The van der Waals surface area contributed by atoms with Crippen molar-refractivity contribution in [2.24, 2.45) is 0 Å². The van der Waals surface area contributed by atoms with Gasteiger partial charge in [0.1, 0.15) is 11.6 Å². The first-order valence-corrected chi connectivity index (χ1v) is 5.56. The summed E-state index contributed by atoms with van der Waals surface area (Å²) < 4.78 is 0. The minimum atomic E-state index is -0.612. The zero-order chi connectivity index (χ0) is 12.6. The maximum atomic E-state index is 10.7. The van der Waals surface area contributed by atoms with Crippen LogP contribution in [0.3, 0.4) is 0 Å². The number of hydrogen-bond acceptors (Lipinski definition) is 4. The van der Waals surface area contributed by atoms with Crippen LogP contribution in [-0.2, 0) is 9.59 Å². The highest BCUT2D eigenvalue weighted by atomic mass is 16.6. The number of rotatable bonds is 9. The van der Waals surface area contributed by atoms with E-state index in [1.807, 2.05) is 0 Å². The van der Waals surface area contributed by atoms with Gasteiger partial charge in [-0.3, -0.25) is 10.1 Å². The highest BCUT2D eigenvalue weighted by molar-refractivity contribution is 5.75. The molecule has 0 aromatic heterocycles.